The van der Waals surface area contributed by atoms with Crippen LogP contribution in [0.4, 0.5) is 26.3 Å². The van der Waals surface area contributed by atoms with E-state index in [1.165, 1.54) is 12.1 Å². The van der Waals surface area contributed by atoms with E-state index in [0.717, 1.165) is 12.1 Å². The van der Waals surface area contributed by atoms with Crippen molar-refractivity contribution < 1.29 is 31.1 Å². The average Bonchev–Trinajstić information content (AvgIpc) is 2.32. The zero-order valence-corrected chi connectivity index (χ0v) is 10.1. The molecule has 112 valence electrons. The average molecular weight is 299 g/mol. The zero-order chi connectivity index (χ0) is 15.4. The van der Waals surface area contributed by atoms with Crippen molar-refractivity contribution in [3.8, 4) is 0 Å². The van der Waals surface area contributed by atoms with Crippen LogP contribution < -0.4 is 5.32 Å². The third-order valence-electron chi connectivity index (χ3n) is 2.38. The fourth-order valence-electron chi connectivity index (χ4n) is 1.40. The van der Waals surface area contributed by atoms with Gasteiger partial charge in [0.25, 0.3) is 0 Å². The fourth-order valence-corrected chi connectivity index (χ4v) is 1.40. The third kappa shape index (κ3) is 5.94. The van der Waals surface area contributed by atoms with Crippen LogP contribution in [0.3, 0.4) is 0 Å². The largest absolute Gasteiger partial charge is 0.416 e. The van der Waals surface area contributed by atoms with Crippen molar-refractivity contribution in [2.45, 2.75) is 31.7 Å². The summed E-state index contributed by atoms with van der Waals surface area (Å²) in [5.41, 5.74) is -0.709. The predicted octanol–water partition coefficient (Wildman–Crippen LogP) is 3.66. The number of nitrogens with one attached hydrogen (secondary N) is 1. The molecule has 0 unspecified atom stereocenters. The van der Waals surface area contributed by atoms with Gasteiger partial charge in [-0.15, -0.1) is 0 Å². The summed E-state index contributed by atoms with van der Waals surface area (Å²) in [5, 5.41) is 2.14. The van der Waals surface area contributed by atoms with E-state index in [0.29, 0.717) is 0 Å². The lowest BCUT2D eigenvalue weighted by atomic mass is 10.1. The second-order valence-corrected chi connectivity index (χ2v) is 4.09. The molecule has 20 heavy (non-hydrogen) atoms. The molecule has 0 radical (unpaired) electrons. The lowest BCUT2D eigenvalue weighted by Gasteiger charge is -2.10. The summed E-state index contributed by atoms with van der Waals surface area (Å²) < 4.78 is 72.8. The van der Waals surface area contributed by atoms with Gasteiger partial charge < -0.3 is 5.32 Å². The minimum Gasteiger partial charge on any atom is -0.352 e. The van der Waals surface area contributed by atoms with Crippen LogP contribution >= 0.6 is 0 Å². The van der Waals surface area contributed by atoms with E-state index in [2.05, 4.69) is 5.32 Å². The maximum atomic E-state index is 12.4. The lowest BCUT2D eigenvalue weighted by Crippen LogP contribution is -2.24. The topological polar surface area (TPSA) is 29.1 Å². The van der Waals surface area contributed by atoms with Crippen LogP contribution in [0.5, 0.6) is 0 Å². The molecule has 0 heterocycles. The van der Waals surface area contributed by atoms with Crippen molar-refractivity contribution in [2.75, 3.05) is 0 Å². The van der Waals surface area contributed by atoms with Crippen molar-refractivity contribution in [1.82, 2.24) is 5.32 Å². The number of hydrogen-bond acceptors (Lipinski definition) is 1. The van der Waals surface area contributed by atoms with Crippen molar-refractivity contribution in [1.29, 1.82) is 0 Å². The van der Waals surface area contributed by atoms with Gasteiger partial charge in [-0.05, 0) is 17.7 Å². The summed E-state index contributed by atoms with van der Waals surface area (Å²) in [6.07, 6.45) is -11.0. The maximum Gasteiger partial charge on any atom is 0.416 e. The van der Waals surface area contributed by atoms with E-state index in [-0.39, 0.29) is 12.1 Å². The van der Waals surface area contributed by atoms with Crippen LogP contribution in [0, 0.1) is 0 Å². The second kappa shape index (κ2) is 6.15. The van der Waals surface area contributed by atoms with Crippen LogP contribution in [0.25, 0.3) is 0 Å². The van der Waals surface area contributed by atoms with Gasteiger partial charge in [0.1, 0.15) is 0 Å². The van der Waals surface area contributed by atoms with Crippen LogP contribution in [0.2, 0.25) is 0 Å². The molecule has 8 heteroatoms. The fraction of sp³-hybridized carbons (Fsp3) is 0.417. The van der Waals surface area contributed by atoms with E-state index < -0.39 is 36.7 Å². The maximum absolute atomic E-state index is 12.4. The molecule has 1 N–H and O–H groups in total. The molecule has 1 aromatic carbocycles. The monoisotopic (exact) mass is 299 g/mol. The van der Waals surface area contributed by atoms with E-state index >= 15 is 0 Å². The Kier molecular flexibility index (Phi) is 5.02. The molecule has 0 spiro atoms. The molecule has 0 bridgehead atoms. The minimum absolute atomic E-state index is 0.167. The van der Waals surface area contributed by atoms with Gasteiger partial charge in [0.15, 0.2) is 0 Å². The molecular formula is C12H11F6NO. The second-order valence-electron chi connectivity index (χ2n) is 4.09. The summed E-state index contributed by atoms with van der Waals surface area (Å²) in [6, 6.07) is 4.22. The molecule has 0 saturated carbocycles. The number of amides is 1. The molecular weight excluding hydrogens is 288 g/mol. The smallest absolute Gasteiger partial charge is 0.352 e. The van der Waals surface area contributed by atoms with Gasteiger partial charge >= 0.3 is 12.4 Å². The van der Waals surface area contributed by atoms with Crippen molar-refractivity contribution in [2.24, 2.45) is 0 Å². The van der Waals surface area contributed by atoms with Gasteiger partial charge in [-0.2, -0.15) is 26.3 Å². The van der Waals surface area contributed by atoms with Crippen molar-refractivity contribution in [3.63, 3.8) is 0 Å². The van der Waals surface area contributed by atoms with Gasteiger partial charge in [-0.25, -0.2) is 0 Å². The molecule has 1 rings (SSSR count). The normalized spacial score (nSPS) is 12.3. The first kappa shape index (κ1) is 16.3. The number of halogens is 6. The highest BCUT2D eigenvalue weighted by atomic mass is 19.4. The first-order valence-corrected chi connectivity index (χ1v) is 5.57. The Morgan fingerprint density at radius 2 is 1.75 bits per heavy atom. The molecule has 0 aliphatic carbocycles. The number of rotatable bonds is 4. The third-order valence-corrected chi connectivity index (χ3v) is 2.38. The lowest BCUT2D eigenvalue weighted by molar-refractivity contribution is -0.144. The summed E-state index contributed by atoms with van der Waals surface area (Å²) in [6.45, 7) is -0.249. The van der Waals surface area contributed by atoms with Gasteiger partial charge in [0.2, 0.25) is 5.91 Å². The van der Waals surface area contributed by atoms with Gasteiger partial charge in [-0.1, -0.05) is 12.1 Å². The Morgan fingerprint density at radius 1 is 1.10 bits per heavy atom. The molecule has 0 aromatic heterocycles. The summed E-state index contributed by atoms with van der Waals surface area (Å²) >= 11 is 0. The van der Waals surface area contributed by atoms with Crippen LogP contribution in [0.1, 0.15) is 24.0 Å². The highest BCUT2D eigenvalue weighted by Crippen LogP contribution is 2.29. The molecule has 0 fully saturated rings. The number of alkyl halides is 6. The van der Waals surface area contributed by atoms with Gasteiger partial charge in [0.05, 0.1) is 12.0 Å². The van der Waals surface area contributed by atoms with Crippen LogP contribution in [-0.4, -0.2) is 12.1 Å². The molecule has 1 aromatic rings. The predicted molar refractivity (Wildman–Crippen MR) is 58.6 cm³/mol. The Morgan fingerprint density at radius 3 is 2.30 bits per heavy atom. The van der Waals surface area contributed by atoms with Gasteiger partial charge in [0, 0.05) is 13.0 Å². The highest BCUT2D eigenvalue weighted by Gasteiger charge is 2.30. The van der Waals surface area contributed by atoms with Crippen LogP contribution in [0.15, 0.2) is 24.3 Å². The number of benzene rings is 1. The SMILES string of the molecule is O=C(CCC(F)(F)F)NCc1cccc(C(F)(F)F)c1. The summed E-state index contributed by atoms with van der Waals surface area (Å²) in [7, 11) is 0. The molecule has 1 amide bonds. The zero-order valence-electron chi connectivity index (χ0n) is 10.1. The molecule has 2 nitrogen and oxygen atoms in total. The minimum atomic E-state index is -4.50. The molecule has 0 saturated heterocycles. The van der Waals surface area contributed by atoms with Gasteiger partial charge in [-0.3, -0.25) is 4.79 Å². The summed E-state index contributed by atoms with van der Waals surface area (Å²) in [4.78, 5) is 11.1. The standard InChI is InChI=1S/C12H11F6NO/c13-11(14,15)5-4-10(20)19-7-8-2-1-3-9(6-8)12(16,17)18/h1-3,6H,4-5,7H2,(H,19,20). The Balaban J connectivity index is 2.52. The Bertz CT molecular complexity index is 466. The Hall–Kier alpha value is -1.73. The number of carbonyl (C=O) groups excluding carboxylic acids is 1. The van der Waals surface area contributed by atoms with Crippen molar-refractivity contribution in [3.05, 3.63) is 35.4 Å². The van der Waals surface area contributed by atoms with Crippen molar-refractivity contribution >= 4 is 5.91 Å². The van der Waals surface area contributed by atoms with E-state index in [1.54, 1.807) is 0 Å². The molecule has 0 atom stereocenters. The number of carbonyl (C=O) groups is 1. The first-order valence-electron chi connectivity index (χ1n) is 5.57. The van der Waals surface area contributed by atoms with Crippen LogP contribution in [-0.2, 0) is 17.5 Å². The highest BCUT2D eigenvalue weighted by molar-refractivity contribution is 5.75. The molecule has 0 aliphatic heterocycles. The van der Waals surface area contributed by atoms with E-state index in [1.807, 2.05) is 0 Å². The quantitative estimate of drug-likeness (QED) is 0.845. The van der Waals surface area contributed by atoms with E-state index in [4.69, 9.17) is 0 Å². The molecule has 0 aliphatic rings. The Labute approximate surface area is 110 Å². The summed E-state index contributed by atoms with van der Waals surface area (Å²) in [5.74, 6) is -0.861. The number of hydrogen-bond donors (Lipinski definition) is 1. The first-order chi connectivity index (χ1) is 9.08. The van der Waals surface area contributed by atoms with E-state index in [9.17, 15) is 31.1 Å².